The van der Waals surface area contributed by atoms with Gasteiger partial charge in [0.25, 0.3) is 0 Å². The second kappa shape index (κ2) is 4.35. The van der Waals surface area contributed by atoms with E-state index in [9.17, 15) is 10.4 Å². The van der Waals surface area contributed by atoms with Crippen LogP contribution in [0.5, 0.6) is 0 Å². The van der Waals surface area contributed by atoms with Crippen LogP contribution in [0.2, 0.25) is 0 Å². The molecule has 0 unspecified atom stereocenters. The average molecular weight is 218 g/mol. The van der Waals surface area contributed by atoms with E-state index in [0.717, 1.165) is 0 Å². The van der Waals surface area contributed by atoms with Crippen LogP contribution in [0.4, 0.5) is 0 Å². The molecule has 0 saturated carbocycles. The van der Waals surface area contributed by atoms with Crippen LogP contribution in [-0.4, -0.2) is 11.4 Å². The molecule has 0 bridgehead atoms. The summed E-state index contributed by atoms with van der Waals surface area (Å²) in [7, 11) is 0. The summed E-state index contributed by atoms with van der Waals surface area (Å²) >= 11 is 0. The van der Waals surface area contributed by atoms with Gasteiger partial charge in [-0.3, -0.25) is 0 Å². The van der Waals surface area contributed by atoms with E-state index in [1.54, 1.807) is 12.1 Å². The van der Waals surface area contributed by atoms with Crippen LogP contribution in [-0.2, 0) is 0 Å². The molecule has 0 aliphatic carbocycles. The maximum Gasteiger partial charge on any atom is 0.153 e. The lowest BCUT2D eigenvalue weighted by Crippen LogP contribution is -2.15. The highest BCUT2D eigenvalue weighted by molar-refractivity contribution is 6.52. The van der Waals surface area contributed by atoms with Crippen LogP contribution in [0.3, 0.4) is 0 Å². The smallest absolute Gasteiger partial charge is 0.153 e. The molecule has 2 heterocycles. The first-order valence-electron chi connectivity index (χ1n) is 4.35. The minimum atomic E-state index is -0.185. The molecule has 2 rings (SSSR count). The number of furan rings is 2. The van der Waals surface area contributed by atoms with Gasteiger partial charge in [-0.2, -0.15) is 0 Å². The summed E-state index contributed by atoms with van der Waals surface area (Å²) in [6.45, 7) is 0. The van der Waals surface area contributed by atoms with E-state index in [0.29, 0.717) is 0 Å². The van der Waals surface area contributed by atoms with E-state index in [2.05, 4.69) is 10.3 Å². The van der Waals surface area contributed by atoms with Crippen molar-refractivity contribution < 1.29 is 8.83 Å². The summed E-state index contributed by atoms with van der Waals surface area (Å²) in [5, 5.41) is 26.9. The fraction of sp³-hybridized carbons (Fsp3) is 0. The zero-order chi connectivity index (χ0) is 11.4. The molecule has 0 fully saturated rings. The van der Waals surface area contributed by atoms with E-state index in [4.69, 9.17) is 8.83 Å². The van der Waals surface area contributed by atoms with Crippen LogP contribution < -0.4 is 0 Å². The van der Waals surface area contributed by atoms with Gasteiger partial charge in [-0.05, 0) is 24.3 Å². The molecule has 0 aromatic carbocycles. The van der Waals surface area contributed by atoms with Gasteiger partial charge in [0.2, 0.25) is 0 Å². The maximum absolute atomic E-state index is 10.7. The molecule has 0 N–H and O–H groups in total. The molecule has 2 aromatic rings. The highest BCUT2D eigenvalue weighted by atomic mass is 16.4. The molecule has 0 saturated heterocycles. The SMILES string of the molecule is [O-]N=C(C(=N[O-])c1ccco1)c1ccco1. The summed E-state index contributed by atoms with van der Waals surface area (Å²) in [6.07, 6.45) is 2.73. The summed E-state index contributed by atoms with van der Waals surface area (Å²) < 4.78 is 9.95. The normalized spacial score (nSPS) is 13.0. The quantitative estimate of drug-likeness (QED) is 0.582. The number of hydrogen-bond acceptors (Lipinski definition) is 6. The molecular formula is C10H6N2O4-2. The summed E-state index contributed by atoms with van der Waals surface area (Å²) in [4.78, 5) is 0. The van der Waals surface area contributed by atoms with E-state index in [1.165, 1.54) is 24.7 Å². The van der Waals surface area contributed by atoms with E-state index >= 15 is 0 Å². The van der Waals surface area contributed by atoms with Crippen LogP contribution >= 0.6 is 0 Å². The summed E-state index contributed by atoms with van der Waals surface area (Å²) in [6, 6.07) is 6.16. The Kier molecular flexibility index (Phi) is 2.73. The van der Waals surface area contributed by atoms with Crippen molar-refractivity contribution in [3.8, 4) is 0 Å². The molecule has 6 nitrogen and oxygen atoms in total. The Hall–Kier alpha value is -2.50. The molecule has 6 heteroatoms. The Bertz CT molecular complexity index is 449. The van der Waals surface area contributed by atoms with Crippen molar-refractivity contribution in [2.75, 3.05) is 0 Å². The molecule has 2 aromatic heterocycles. The van der Waals surface area contributed by atoms with Crippen molar-refractivity contribution in [1.29, 1.82) is 0 Å². The number of rotatable bonds is 3. The predicted molar refractivity (Wildman–Crippen MR) is 57.2 cm³/mol. The van der Waals surface area contributed by atoms with Crippen molar-refractivity contribution >= 4 is 11.4 Å². The lowest BCUT2D eigenvalue weighted by Gasteiger charge is -2.09. The fourth-order valence-corrected chi connectivity index (χ4v) is 1.24. The van der Waals surface area contributed by atoms with Gasteiger partial charge in [0.15, 0.2) is 11.5 Å². The van der Waals surface area contributed by atoms with E-state index in [1.807, 2.05) is 0 Å². The highest BCUT2D eigenvalue weighted by Gasteiger charge is 2.15. The standard InChI is InChI=1S/C10H8N2O4/c13-11-9(7-3-1-5-15-7)10(12-14)8-4-2-6-16-8/h1-6,13-14H/p-2. The van der Waals surface area contributed by atoms with Crippen LogP contribution in [0.15, 0.2) is 55.9 Å². The van der Waals surface area contributed by atoms with Crippen molar-refractivity contribution in [2.45, 2.75) is 0 Å². The predicted octanol–water partition coefficient (Wildman–Crippen LogP) is 2.15. The largest absolute Gasteiger partial charge is 0.791 e. The van der Waals surface area contributed by atoms with Gasteiger partial charge in [0.1, 0.15) is 11.4 Å². The van der Waals surface area contributed by atoms with Crippen LogP contribution in [0.25, 0.3) is 0 Å². The fourth-order valence-electron chi connectivity index (χ4n) is 1.24. The van der Waals surface area contributed by atoms with Crippen molar-refractivity contribution in [3.63, 3.8) is 0 Å². The second-order valence-corrected chi connectivity index (χ2v) is 2.83. The molecule has 0 radical (unpaired) electrons. The van der Waals surface area contributed by atoms with Gasteiger partial charge < -0.3 is 29.6 Å². The van der Waals surface area contributed by atoms with Gasteiger partial charge in [0.05, 0.1) is 12.5 Å². The number of nitrogens with zero attached hydrogens (tertiary/aromatic N) is 2. The lowest BCUT2D eigenvalue weighted by molar-refractivity contribution is 0.553. The number of hydrogen-bond donors (Lipinski definition) is 0. The first-order chi connectivity index (χ1) is 7.86. The molecule has 0 aliphatic rings. The van der Waals surface area contributed by atoms with E-state index in [-0.39, 0.29) is 22.9 Å². The molecule has 0 spiro atoms. The van der Waals surface area contributed by atoms with E-state index < -0.39 is 0 Å². The molecule has 0 aliphatic heterocycles. The Labute approximate surface area is 90.1 Å². The molecular weight excluding hydrogens is 212 g/mol. The third-order valence-electron chi connectivity index (χ3n) is 1.92. The Balaban J connectivity index is 2.43. The van der Waals surface area contributed by atoms with Crippen LogP contribution in [0.1, 0.15) is 11.5 Å². The van der Waals surface area contributed by atoms with Crippen LogP contribution in [0, 0.1) is 10.4 Å². The van der Waals surface area contributed by atoms with Gasteiger partial charge in [-0.25, -0.2) is 0 Å². The highest BCUT2D eigenvalue weighted by Crippen LogP contribution is 2.11. The van der Waals surface area contributed by atoms with Gasteiger partial charge in [0, 0.05) is 0 Å². The monoisotopic (exact) mass is 218 g/mol. The molecule has 16 heavy (non-hydrogen) atoms. The van der Waals surface area contributed by atoms with Crippen molar-refractivity contribution in [3.05, 3.63) is 58.7 Å². The maximum atomic E-state index is 10.7. The summed E-state index contributed by atoms with van der Waals surface area (Å²) in [5.74, 6) is 0.335. The Morgan fingerprint density at radius 3 is 1.56 bits per heavy atom. The Morgan fingerprint density at radius 2 is 1.31 bits per heavy atom. The topological polar surface area (TPSA) is 97.1 Å². The second-order valence-electron chi connectivity index (χ2n) is 2.83. The third kappa shape index (κ3) is 1.68. The molecule has 0 atom stereocenters. The minimum absolute atomic E-state index is 0.168. The summed E-state index contributed by atoms with van der Waals surface area (Å²) in [5.41, 5.74) is -0.370. The van der Waals surface area contributed by atoms with Crippen molar-refractivity contribution in [1.82, 2.24) is 0 Å². The zero-order valence-corrected chi connectivity index (χ0v) is 7.99. The van der Waals surface area contributed by atoms with Crippen molar-refractivity contribution in [2.24, 2.45) is 10.3 Å². The minimum Gasteiger partial charge on any atom is -0.791 e. The average Bonchev–Trinajstić information content (AvgIpc) is 2.97. The Morgan fingerprint density at radius 1 is 0.875 bits per heavy atom. The van der Waals surface area contributed by atoms with Gasteiger partial charge >= 0.3 is 0 Å². The molecule has 82 valence electrons. The first-order valence-corrected chi connectivity index (χ1v) is 4.35. The lowest BCUT2D eigenvalue weighted by atomic mass is 10.1. The third-order valence-corrected chi connectivity index (χ3v) is 1.92. The van der Waals surface area contributed by atoms with Gasteiger partial charge in [-0.15, -0.1) is 0 Å². The van der Waals surface area contributed by atoms with Gasteiger partial charge in [-0.1, -0.05) is 0 Å². The molecule has 0 amide bonds. The zero-order valence-electron chi connectivity index (χ0n) is 7.99. The first kappa shape index (κ1) is 10.0.